The first kappa shape index (κ1) is 14.0. The number of carbonyl (C=O) groups excluding carboxylic acids is 1. The third kappa shape index (κ3) is 4.06. The summed E-state index contributed by atoms with van der Waals surface area (Å²) >= 11 is 1.43. The van der Waals surface area contributed by atoms with Gasteiger partial charge in [0.2, 0.25) is 0 Å². The van der Waals surface area contributed by atoms with Gasteiger partial charge in [-0.15, -0.1) is 11.3 Å². The van der Waals surface area contributed by atoms with Crippen molar-refractivity contribution < 1.29 is 9.53 Å². The van der Waals surface area contributed by atoms with Crippen LogP contribution in [0.1, 0.15) is 12.5 Å². The van der Waals surface area contributed by atoms with Crippen LogP contribution < -0.4 is 15.8 Å². The van der Waals surface area contributed by atoms with Gasteiger partial charge in [-0.25, -0.2) is 9.98 Å². The van der Waals surface area contributed by atoms with Gasteiger partial charge in [0, 0.05) is 24.1 Å². The summed E-state index contributed by atoms with van der Waals surface area (Å²) in [6.45, 7) is 1.67. The van der Waals surface area contributed by atoms with Crippen LogP contribution in [0.4, 0.5) is 5.13 Å². The lowest BCUT2D eigenvalue weighted by atomic mass is 10.2. The molecular formula is C13H14N4O2S. The zero-order chi connectivity index (χ0) is 14.4. The number of hydrogen-bond acceptors (Lipinski definition) is 5. The number of carbonyl (C=O) groups is 1. The number of rotatable bonds is 4. The summed E-state index contributed by atoms with van der Waals surface area (Å²) in [5, 5.41) is 5.40. The van der Waals surface area contributed by atoms with Crippen LogP contribution in [0.5, 0.6) is 5.75 Å². The monoisotopic (exact) mass is 290 g/mol. The number of thiazole rings is 1. The minimum Gasteiger partial charge on any atom is -0.426 e. The van der Waals surface area contributed by atoms with Crippen LogP contribution in [-0.4, -0.2) is 16.9 Å². The number of para-hydroxylation sites is 1. The number of nitrogens with one attached hydrogen (secondary N) is 1. The Hall–Kier alpha value is -2.41. The lowest BCUT2D eigenvalue weighted by Crippen LogP contribution is -2.22. The quantitative estimate of drug-likeness (QED) is 0.389. The fourth-order valence-electron chi connectivity index (χ4n) is 1.49. The van der Waals surface area contributed by atoms with E-state index in [2.05, 4.69) is 15.3 Å². The SMILES string of the molecule is CC(=O)Oc1ccccc1CN=C(N)Nc1nccs1. The van der Waals surface area contributed by atoms with Crippen molar-refractivity contribution in [2.45, 2.75) is 13.5 Å². The lowest BCUT2D eigenvalue weighted by Gasteiger charge is -2.07. The number of aromatic nitrogens is 1. The second-order valence-electron chi connectivity index (χ2n) is 3.87. The summed E-state index contributed by atoms with van der Waals surface area (Å²) < 4.78 is 5.10. The minimum atomic E-state index is -0.365. The minimum absolute atomic E-state index is 0.262. The summed E-state index contributed by atoms with van der Waals surface area (Å²) in [6, 6.07) is 7.19. The van der Waals surface area contributed by atoms with Crippen molar-refractivity contribution in [3.8, 4) is 5.75 Å². The molecule has 0 unspecified atom stereocenters. The van der Waals surface area contributed by atoms with Gasteiger partial charge in [-0.1, -0.05) is 18.2 Å². The molecule has 0 spiro atoms. The number of nitrogens with two attached hydrogens (primary N) is 1. The molecule has 2 aromatic rings. The Morgan fingerprint density at radius 3 is 3.00 bits per heavy atom. The van der Waals surface area contributed by atoms with Crippen molar-refractivity contribution in [1.29, 1.82) is 0 Å². The molecule has 1 heterocycles. The van der Waals surface area contributed by atoms with E-state index in [9.17, 15) is 4.79 Å². The van der Waals surface area contributed by atoms with E-state index in [1.54, 1.807) is 18.3 Å². The smallest absolute Gasteiger partial charge is 0.308 e. The highest BCUT2D eigenvalue weighted by Crippen LogP contribution is 2.19. The average Bonchev–Trinajstić information content (AvgIpc) is 2.90. The van der Waals surface area contributed by atoms with Crippen LogP contribution in [0.2, 0.25) is 0 Å². The van der Waals surface area contributed by atoms with Crippen LogP contribution in [0, 0.1) is 0 Å². The van der Waals surface area contributed by atoms with Crippen LogP contribution in [0.3, 0.4) is 0 Å². The largest absolute Gasteiger partial charge is 0.426 e. The van der Waals surface area contributed by atoms with Gasteiger partial charge in [0.1, 0.15) is 5.75 Å². The maximum absolute atomic E-state index is 11.0. The highest BCUT2D eigenvalue weighted by Gasteiger charge is 2.05. The Morgan fingerprint density at radius 1 is 1.50 bits per heavy atom. The fraction of sp³-hybridized carbons (Fsp3) is 0.154. The predicted molar refractivity (Wildman–Crippen MR) is 78.8 cm³/mol. The first-order valence-electron chi connectivity index (χ1n) is 5.88. The molecule has 6 nitrogen and oxygen atoms in total. The molecular weight excluding hydrogens is 276 g/mol. The van der Waals surface area contributed by atoms with E-state index in [1.807, 2.05) is 17.5 Å². The molecule has 0 aliphatic carbocycles. The van der Waals surface area contributed by atoms with Crippen molar-refractivity contribution in [2.75, 3.05) is 5.32 Å². The molecule has 0 amide bonds. The summed E-state index contributed by atoms with van der Waals surface area (Å²) in [4.78, 5) is 19.3. The highest BCUT2D eigenvalue weighted by molar-refractivity contribution is 7.13. The molecule has 20 heavy (non-hydrogen) atoms. The molecule has 0 saturated heterocycles. The predicted octanol–water partition coefficient (Wildman–Crippen LogP) is 2.00. The van der Waals surface area contributed by atoms with Crippen molar-refractivity contribution in [3.05, 3.63) is 41.4 Å². The van der Waals surface area contributed by atoms with Gasteiger partial charge in [-0.2, -0.15) is 0 Å². The lowest BCUT2D eigenvalue weighted by molar-refractivity contribution is -0.131. The van der Waals surface area contributed by atoms with Gasteiger partial charge in [0.05, 0.1) is 6.54 Å². The zero-order valence-corrected chi connectivity index (χ0v) is 11.7. The normalized spacial score (nSPS) is 11.2. The van der Waals surface area contributed by atoms with Crippen LogP contribution in [0.25, 0.3) is 0 Å². The Balaban J connectivity index is 2.04. The van der Waals surface area contributed by atoms with Crippen LogP contribution in [0.15, 0.2) is 40.8 Å². The molecule has 0 aliphatic heterocycles. The van der Waals surface area contributed by atoms with Gasteiger partial charge >= 0.3 is 5.97 Å². The van der Waals surface area contributed by atoms with E-state index in [1.165, 1.54) is 18.3 Å². The second-order valence-corrected chi connectivity index (χ2v) is 4.76. The average molecular weight is 290 g/mol. The van der Waals surface area contributed by atoms with Crippen molar-refractivity contribution in [3.63, 3.8) is 0 Å². The molecule has 1 aromatic carbocycles. The van der Waals surface area contributed by atoms with Crippen molar-refractivity contribution >= 4 is 28.4 Å². The number of aliphatic imine (C=N–C) groups is 1. The van der Waals surface area contributed by atoms with E-state index >= 15 is 0 Å². The first-order valence-corrected chi connectivity index (χ1v) is 6.76. The first-order chi connectivity index (χ1) is 9.65. The third-order valence-electron chi connectivity index (χ3n) is 2.31. The van der Waals surface area contributed by atoms with Gasteiger partial charge in [-0.3, -0.25) is 4.79 Å². The van der Waals surface area contributed by atoms with E-state index in [0.29, 0.717) is 17.4 Å². The molecule has 0 atom stereocenters. The molecule has 2 rings (SSSR count). The summed E-state index contributed by atoms with van der Waals surface area (Å²) in [6.07, 6.45) is 1.68. The second kappa shape index (κ2) is 6.67. The van der Waals surface area contributed by atoms with E-state index in [4.69, 9.17) is 10.5 Å². The standard InChI is InChI=1S/C13H14N4O2S/c1-9(18)19-11-5-3-2-4-10(11)8-16-12(14)17-13-15-6-7-20-13/h2-7H,8H2,1H3,(H3,14,15,16,17). The molecule has 0 radical (unpaired) electrons. The van der Waals surface area contributed by atoms with E-state index in [0.717, 1.165) is 5.56 Å². The topological polar surface area (TPSA) is 89.6 Å². The van der Waals surface area contributed by atoms with E-state index < -0.39 is 0 Å². The molecule has 0 fully saturated rings. The Labute approximate surface area is 120 Å². The van der Waals surface area contributed by atoms with Crippen LogP contribution >= 0.6 is 11.3 Å². The van der Waals surface area contributed by atoms with Gasteiger partial charge < -0.3 is 15.8 Å². The third-order valence-corrected chi connectivity index (χ3v) is 3.00. The van der Waals surface area contributed by atoms with Crippen molar-refractivity contribution in [2.24, 2.45) is 10.7 Å². The Bertz CT molecular complexity index is 611. The van der Waals surface area contributed by atoms with Gasteiger partial charge in [-0.05, 0) is 6.07 Å². The molecule has 0 bridgehead atoms. The number of esters is 1. The number of hydrogen-bond donors (Lipinski definition) is 2. The Kier molecular flexibility index (Phi) is 4.67. The zero-order valence-electron chi connectivity index (χ0n) is 10.9. The number of guanidine groups is 1. The van der Waals surface area contributed by atoms with Gasteiger partial charge in [0.25, 0.3) is 0 Å². The van der Waals surface area contributed by atoms with E-state index in [-0.39, 0.29) is 11.9 Å². The number of nitrogens with zero attached hydrogens (tertiary/aromatic N) is 2. The maximum atomic E-state index is 11.0. The summed E-state index contributed by atoms with van der Waals surface area (Å²) in [5.41, 5.74) is 6.55. The molecule has 3 N–H and O–H groups in total. The number of anilines is 1. The summed E-state index contributed by atoms with van der Waals surface area (Å²) in [7, 11) is 0. The fourth-order valence-corrected chi connectivity index (χ4v) is 2.03. The number of benzene rings is 1. The summed E-state index contributed by atoms with van der Waals surface area (Å²) in [5.74, 6) is 0.388. The highest BCUT2D eigenvalue weighted by atomic mass is 32.1. The van der Waals surface area contributed by atoms with Gasteiger partial charge in [0.15, 0.2) is 11.1 Å². The molecule has 7 heteroatoms. The molecule has 104 valence electrons. The molecule has 1 aromatic heterocycles. The molecule has 0 aliphatic rings. The maximum Gasteiger partial charge on any atom is 0.308 e. The van der Waals surface area contributed by atoms with Crippen LogP contribution in [-0.2, 0) is 11.3 Å². The molecule has 0 saturated carbocycles. The number of ether oxygens (including phenoxy) is 1. The Morgan fingerprint density at radius 2 is 2.30 bits per heavy atom. The van der Waals surface area contributed by atoms with Crippen molar-refractivity contribution in [1.82, 2.24) is 4.98 Å².